The number of aromatic amines is 1. The molecule has 0 aliphatic heterocycles. The molecule has 3 N–H and O–H groups in total. The van der Waals surface area contributed by atoms with Gasteiger partial charge in [-0.2, -0.15) is 0 Å². The van der Waals surface area contributed by atoms with E-state index in [0.29, 0.717) is 16.9 Å². The molecule has 6 heteroatoms. The SMILES string of the molecule is CC1CCCCC1.Cc1cc(-n2c(C)cc3c(-c4nc5ccc(F)cc5[nH]4)cccc32)ccc1C(N)=O. The average Bonchev–Trinajstić information content (AvgIpc) is 3.44. The number of imidazole rings is 1. The maximum atomic E-state index is 13.6. The lowest BCUT2D eigenvalue weighted by atomic mass is 9.91. The third-order valence-corrected chi connectivity index (χ3v) is 7.36. The molecule has 2 aromatic heterocycles. The lowest BCUT2D eigenvalue weighted by molar-refractivity contribution is 0.0999. The van der Waals surface area contributed by atoms with Gasteiger partial charge in [0.15, 0.2) is 0 Å². The normalized spacial score (nSPS) is 14.1. The lowest BCUT2D eigenvalue weighted by Gasteiger charge is -2.15. The van der Waals surface area contributed by atoms with Crippen molar-refractivity contribution >= 4 is 27.8 Å². The van der Waals surface area contributed by atoms with Crippen molar-refractivity contribution in [2.75, 3.05) is 0 Å². The van der Waals surface area contributed by atoms with Gasteiger partial charge in [-0.15, -0.1) is 0 Å². The summed E-state index contributed by atoms with van der Waals surface area (Å²) in [5.41, 5.74) is 12.1. The Balaban J connectivity index is 0.000000348. The highest BCUT2D eigenvalue weighted by molar-refractivity contribution is 5.97. The van der Waals surface area contributed by atoms with Crippen LogP contribution < -0.4 is 5.73 Å². The molecule has 1 amide bonds. The fourth-order valence-corrected chi connectivity index (χ4v) is 5.39. The number of benzene rings is 3. The summed E-state index contributed by atoms with van der Waals surface area (Å²) in [6.07, 6.45) is 7.44. The summed E-state index contributed by atoms with van der Waals surface area (Å²) >= 11 is 0. The van der Waals surface area contributed by atoms with Gasteiger partial charge in [0.2, 0.25) is 5.91 Å². The third-order valence-electron chi connectivity index (χ3n) is 7.36. The van der Waals surface area contributed by atoms with Crippen LogP contribution in [-0.4, -0.2) is 20.4 Å². The van der Waals surface area contributed by atoms with Crippen LogP contribution in [0.25, 0.3) is 39.0 Å². The van der Waals surface area contributed by atoms with E-state index in [1.165, 1.54) is 44.2 Å². The van der Waals surface area contributed by atoms with Crippen molar-refractivity contribution in [2.24, 2.45) is 11.7 Å². The Labute approximate surface area is 216 Å². The Bertz CT molecular complexity index is 1590. The monoisotopic (exact) mass is 496 g/mol. The number of aromatic nitrogens is 3. The molecule has 1 saturated carbocycles. The van der Waals surface area contributed by atoms with Crippen molar-refractivity contribution in [2.45, 2.75) is 52.9 Å². The molecule has 190 valence electrons. The molecule has 5 aromatic rings. The predicted octanol–water partition coefficient (Wildman–Crippen LogP) is 7.62. The number of amides is 1. The van der Waals surface area contributed by atoms with E-state index in [-0.39, 0.29) is 5.82 Å². The van der Waals surface area contributed by atoms with E-state index in [4.69, 9.17) is 5.73 Å². The number of carbonyl (C=O) groups is 1. The molecule has 1 aliphatic rings. The summed E-state index contributed by atoms with van der Waals surface area (Å²) in [4.78, 5) is 19.5. The molecular formula is C31H33FN4O. The van der Waals surface area contributed by atoms with E-state index in [2.05, 4.69) is 27.5 Å². The number of carbonyl (C=O) groups excluding carboxylic acids is 1. The van der Waals surface area contributed by atoms with Gasteiger partial charge in [-0.05, 0) is 73.9 Å². The van der Waals surface area contributed by atoms with E-state index >= 15 is 0 Å². The fraction of sp³-hybridized carbons (Fsp3) is 0.290. The van der Waals surface area contributed by atoms with Gasteiger partial charge < -0.3 is 15.3 Å². The highest BCUT2D eigenvalue weighted by Crippen LogP contribution is 2.33. The summed E-state index contributed by atoms with van der Waals surface area (Å²) < 4.78 is 15.7. The van der Waals surface area contributed by atoms with Gasteiger partial charge in [0.1, 0.15) is 11.6 Å². The van der Waals surface area contributed by atoms with Gasteiger partial charge in [-0.3, -0.25) is 4.79 Å². The molecule has 37 heavy (non-hydrogen) atoms. The molecule has 1 aliphatic carbocycles. The Hall–Kier alpha value is -3.93. The van der Waals surface area contributed by atoms with Gasteiger partial charge in [0, 0.05) is 27.9 Å². The molecule has 0 radical (unpaired) electrons. The second kappa shape index (κ2) is 10.2. The first-order valence-corrected chi connectivity index (χ1v) is 13.0. The highest BCUT2D eigenvalue weighted by Gasteiger charge is 2.15. The number of hydrogen-bond donors (Lipinski definition) is 2. The van der Waals surface area contributed by atoms with Crippen LogP contribution in [0, 0.1) is 25.6 Å². The summed E-state index contributed by atoms with van der Waals surface area (Å²) in [5, 5.41) is 1.03. The average molecular weight is 497 g/mol. The topological polar surface area (TPSA) is 76.7 Å². The highest BCUT2D eigenvalue weighted by atomic mass is 19.1. The van der Waals surface area contributed by atoms with Crippen LogP contribution in [0.4, 0.5) is 4.39 Å². The number of nitrogens with two attached hydrogens (primary N) is 1. The van der Waals surface area contributed by atoms with Gasteiger partial charge in [0.25, 0.3) is 0 Å². The number of primary amides is 1. The fourth-order valence-electron chi connectivity index (χ4n) is 5.39. The van der Waals surface area contributed by atoms with Crippen LogP contribution in [0.5, 0.6) is 0 Å². The summed E-state index contributed by atoms with van der Waals surface area (Å²) in [5.74, 6) is 0.997. The first-order chi connectivity index (χ1) is 17.8. The molecule has 0 unspecified atom stereocenters. The van der Waals surface area contributed by atoms with Crippen LogP contribution >= 0.6 is 0 Å². The first-order valence-electron chi connectivity index (χ1n) is 13.0. The number of hydrogen-bond acceptors (Lipinski definition) is 2. The van der Waals surface area contributed by atoms with Gasteiger partial charge in [-0.25, -0.2) is 9.37 Å². The minimum atomic E-state index is -0.434. The quantitative estimate of drug-likeness (QED) is 0.270. The molecule has 2 heterocycles. The molecule has 5 nitrogen and oxygen atoms in total. The zero-order valence-electron chi connectivity index (χ0n) is 21.6. The minimum Gasteiger partial charge on any atom is -0.366 e. The standard InChI is InChI=1S/C24H19FN4O.C7H14/c1-13-10-16(7-8-17(13)23(26)30)29-14(2)11-19-18(4-3-5-22(19)29)24-27-20-9-6-15(25)12-21(20)28-24;1-7-5-3-2-4-6-7/h3-12H,1-2H3,(H2,26,30)(H,27,28);7H,2-6H2,1H3. The van der Waals surface area contributed by atoms with E-state index < -0.39 is 5.91 Å². The molecule has 3 aromatic carbocycles. The van der Waals surface area contributed by atoms with E-state index in [0.717, 1.165) is 44.8 Å². The summed E-state index contributed by atoms with van der Waals surface area (Å²) in [6.45, 7) is 6.28. The van der Waals surface area contributed by atoms with E-state index in [1.807, 2.05) is 44.2 Å². The Morgan fingerprint density at radius 2 is 1.81 bits per heavy atom. The van der Waals surface area contributed by atoms with Crippen molar-refractivity contribution in [3.63, 3.8) is 0 Å². The van der Waals surface area contributed by atoms with E-state index in [9.17, 15) is 9.18 Å². The molecule has 0 atom stereocenters. The van der Waals surface area contributed by atoms with Crippen LogP contribution in [-0.2, 0) is 0 Å². The van der Waals surface area contributed by atoms with Crippen molar-refractivity contribution in [3.8, 4) is 17.1 Å². The van der Waals surface area contributed by atoms with Crippen molar-refractivity contribution in [3.05, 3.63) is 83.3 Å². The number of H-pyrrole nitrogens is 1. The van der Waals surface area contributed by atoms with Crippen molar-refractivity contribution in [1.82, 2.24) is 14.5 Å². The number of aryl methyl sites for hydroxylation is 2. The number of nitrogens with zero attached hydrogens (tertiary/aromatic N) is 2. The zero-order chi connectivity index (χ0) is 26.1. The van der Waals surface area contributed by atoms with Crippen molar-refractivity contribution < 1.29 is 9.18 Å². The van der Waals surface area contributed by atoms with Crippen LogP contribution in [0.2, 0.25) is 0 Å². The summed E-state index contributed by atoms with van der Waals surface area (Å²) in [7, 11) is 0. The Morgan fingerprint density at radius 3 is 2.49 bits per heavy atom. The molecule has 0 saturated heterocycles. The zero-order valence-corrected chi connectivity index (χ0v) is 21.6. The largest absolute Gasteiger partial charge is 0.366 e. The molecule has 6 rings (SSSR count). The maximum Gasteiger partial charge on any atom is 0.248 e. The van der Waals surface area contributed by atoms with Gasteiger partial charge >= 0.3 is 0 Å². The lowest BCUT2D eigenvalue weighted by Crippen LogP contribution is -2.13. The second-order valence-electron chi connectivity index (χ2n) is 10.2. The van der Waals surface area contributed by atoms with Crippen LogP contribution in [0.1, 0.15) is 60.6 Å². The number of fused-ring (bicyclic) bond motifs is 2. The van der Waals surface area contributed by atoms with Gasteiger partial charge in [0.05, 0.1) is 16.6 Å². The summed E-state index contributed by atoms with van der Waals surface area (Å²) in [6, 6.07) is 18.3. The number of rotatable bonds is 3. The van der Waals surface area contributed by atoms with Crippen LogP contribution in [0.15, 0.2) is 60.7 Å². The smallest absolute Gasteiger partial charge is 0.248 e. The number of halogens is 1. The molecule has 0 spiro atoms. The predicted molar refractivity (Wildman–Crippen MR) is 149 cm³/mol. The second-order valence-corrected chi connectivity index (χ2v) is 10.2. The maximum absolute atomic E-state index is 13.6. The van der Waals surface area contributed by atoms with E-state index in [1.54, 1.807) is 12.1 Å². The molecule has 0 bridgehead atoms. The first kappa shape index (κ1) is 24.8. The Kier molecular flexibility index (Phi) is 6.83. The van der Waals surface area contributed by atoms with Gasteiger partial charge in [-0.1, -0.05) is 51.2 Å². The minimum absolute atomic E-state index is 0.298. The molecule has 1 fully saturated rings. The van der Waals surface area contributed by atoms with Crippen LogP contribution in [0.3, 0.4) is 0 Å². The van der Waals surface area contributed by atoms with Crippen molar-refractivity contribution in [1.29, 1.82) is 0 Å². The molecular weight excluding hydrogens is 463 g/mol. The third kappa shape index (κ3) is 5.01. The Morgan fingerprint density at radius 1 is 1.03 bits per heavy atom. The number of nitrogens with one attached hydrogen (secondary N) is 1.